The van der Waals surface area contributed by atoms with Crippen molar-refractivity contribution in [1.29, 1.82) is 0 Å². The summed E-state index contributed by atoms with van der Waals surface area (Å²) in [6.07, 6.45) is 10.1. The molecule has 0 unspecified atom stereocenters. The van der Waals surface area contributed by atoms with Crippen molar-refractivity contribution in [2.24, 2.45) is 5.92 Å². The van der Waals surface area contributed by atoms with Crippen molar-refractivity contribution in [3.63, 3.8) is 0 Å². The van der Waals surface area contributed by atoms with Crippen LogP contribution < -0.4 is 5.32 Å². The molecule has 1 aliphatic rings. The van der Waals surface area contributed by atoms with E-state index in [1.165, 1.54) is 0 Å². The average molecular weight is 326 g/mol. The van der Waals surface area contributed by atoms with Crippen molar-refractivity contribution in [3.8, 4) is 0 Å². The van der Waals surface area contributed by atoms with Crippen molar-refractivity contribution in [1.82, 2.24) is 24.8 Å². The van der Waals surface area contributed by atoms with E-state index in [-0.39, 0.29) is 5.91 Å². The highest BCUT2D eigenvalue weighted by Crippen LogP contribution is 2.21. The van der Waals surface area contributed by atoms with Gasteiger partial charge < -0.3 is 10.2 Å². The topological polar surface area (TPSA) is 83.9 Å². The predicted molar refractivity (Wildman–Crippen MR) is 90.6 cm³/mol. The van der Waals surface area contributed by atoms with Crippen LogP contribution in [0.3, 0.4) is 0 Å². The minimum absolute atomic E-state index is 0.243. The maximum Gasteiger partial charge on any atom is 0.222 e. The van der Waals surface area contributed by atoms with Crippen LogP contribution in [0.4, 0.5) is 11.6 Å². The zero-order valence-corrected chi connectivity index (χ0v) is 13.9. The van der Waals surface area contributed by atoms with Crippen molar-refractivity contribution in [2.75, 3.05) is 18.4 Å². The predicted octanol–water partition coefficient (Wildman–Crippen LogP) is 2.20. The molecule has 1 N–H and O–H groups in total. The molecule has 24 heavy (non-hydrogen) atoms. The molecule has 0 aromatic carbocycles. The summed E-state index contributed by atoms with van der Waals surface area (Å²) in [5.74, 6) is 2.05. The van der Waals surface area contributed by atoms with Gasteiger partial charge in [0.05, 0.1) is 6.20 Å². The summed E-state index contributed by atoms with van der Waals surface area (Å²) in [4.78, 5) is 30.7. The highest BCUT2D eigenvalue weighted by Gasteiger charge is 2.23. The summed E-state index contributed by atoms with van der Waals surface area (Å²) >= 11 is 0. The highest BCUT2D eigenvalue weighted by atomic mass is 16.2. The Hall–Kier alpha value is -2.57. The van der Waals surface area contributed by atoms with Crippen LogP contribution in [0.5, 0.6) is 0 Å². The normalized spacial score (nSPS) is 17.5. The summed E-state index contributed by atoms with van der Waals surface area (Å²) in [7, 11) is 0. The molecule has 3 rings (SSSR count). The molecule has 1 fully saturated rings. The van der Waals surface area contributed by atoms with Crippen LogP contribution in [0, 0.1) is 5.92 Å². The molecule has 0 spiro atoms. The quantitative estimate of drug-likeness (QED) is 0.907. The van der Waals surface area contributed by atoms with Gasteiger partial charge in [0.25, 0.3) is 0 Å². The van der Waals surface area contributed by atoms with Gasteiger partial charge in [-0.3, -0.25) is 9.78 Å². The van der Waals surface area contributed by atoms with E-state index in [1.54, 1.807) is 24.9 Å². The van der Waals surface area contributed by atoms with E-state index < -0.39 is 0 Å². The number of nitrogens with one attached hydrogen (secondary N) is 1. The lowest BCUT2D eigenvalue weighted by molar-refractivity contribution is -0.132. The molecule has 0 bridgehead atoms. The highest BCUT2D eigenvalue weighted by molar-refractivity contribution is 5.75. The van der Waals surface area contributed by atoms with Gasteiger partial charge in [0.15, 0.2) is 0 Å². The zero-order valence-electron chi connectivity index (χ0n) is 13.9. The Morgan fingerprint density at radius 1 is 1.29 bits per heavy atom. The molecule has 126 valence electrons. The van der Waals surface area contributed by atoms with Gasteiger partial charge in [-0.25, -0.2) is 15.0 Å². The van der Waals surface area contributed by atoms with Crippen LogP contribution >= 0.6 is 0 Å². The minimum Gasteiger partial charge on any atom is -0.342 e. The Morgan fingerprint density at radius 3 is 3.00 bits per heavy atom. The van der Waals surface area contributed by atoms with Crippen molar-refractivity contribution < 1.29 is 4.79 Å². The van der Waals surface area contributed by atoms with E-state index in [9.17, 15) is 4.79 Å². The van der Waals surface area contributed by atoms with Crippen molar-refractivity contribution >= 4 is 17.5 Å². The van der Waals surface area contributed by atoms with Crippen molar-refractivity contribution in [3.05, 3.63) is 36.7 Å². The van der Waals surface area contributed by atoms with Crippen LogP contribution in [0.25, 0.3) is 0 Å². The summed E-state index contributed by atoms with van der Waals surface area (Å²) in [5.41, 5.74) is 0.979. The van der Waals surface area contributed by atoms with Crippen molar-refractivity contribution in [2.45, 2.75) is 32.6 Å². The summed E-state index contributed by atoms with van der Waals surface area (Å²) in [5, 5.41) is 3.13. The van der Waals surface area contributed by atoms with Gasteiger partial charge in [0.1, 0.15) is 18.0 Å². The van der Waals surface area contributed by atoms with Crippen LogP contribution in [0.15, 0.2) is 31.0 Å². The third kappa shape index (κ3) is 4.24. The molecule has 0 saturated carbocycles. The maximum absolute atomic E-state index is 11.9. The number of carbonyl (C=O) groups is 1. The number of anilines is 2. The number of likely N-dealkylation sites (tertiary alicyclic amines) is 1. The number of aromatic nitrogens is 4. The molecule has 3 heterocycles. The molecule has 2 aromatic rings. The first kappa shape index (κ1) is 16.3. The van der Waals surface area contributed by atoms with Gasteiger partial charge >= 0.3 is 0 Å². The monoisotopic (exact) mass is 326 g/mol. The van der Waals surface area contributed by atoms with E-state index in [2.05, 4.69) is 25.3 Å². The van der Waals surface area contributed by atoms with E-state index in [0.29, 0.717) is 24.0 Å². The van der Waals surface area contributed by atoms with Gasteiger partial charge in [0, 0.05) is 43.7 Å². The first-order valence-corrected chi connectivity index (χ1v) is 8.36. The Kier molecular flexibility index (Phi) is 5.30. The Labute approximate surface area is 141 Å². The Balaban J connectivity index is 1.63. The standard InChI is InChI=1S/C17H22N6O/c1-2-17(24)23-7-3-4-13(11-23)8-14-9-15(21-12-20-14)22-16-10-18-5-6-19-16/h5-6,9-10,12-13H,2-4,7-8,11H2,1H3,(H,19,20,21,22)/t13-/m0/s1. The third-order valence-electron chi connectivity index (χ3n) is 4.21. The molecule has 2 aromatic heterocycles. The fraction of sp³-hybridized carbons (Fsp3) is 0.471. The number of hydrogen-bond donors (Lipinski definition) is 1. The SMILES string of the molecule is CCC(=O)N1CCC[C@@H](Cc2cc(Nc3cnccn3)ncn2)C1. The summed E-state index contributed by atoms with van der Waals surface area (Å²) in [6, 6.07) is 1.94. The number of piperidine rings is 1. The van der Waals surface area contributed by atoms with E-state index in [1.807, 2.05) is 17.9 Å². The first-order chi connectivity index (χ1) is 11.7. The van der Waals surface area contributed by atoms with Gasteiger partial charge in [-0.2, -0.15) is 0 Å². The van der Waals surface area contributed by atoms with Crippen LogP contribution in [-0.2, 0) is 11.2 Å². The molecular formula is C17H22N6O. The molecule has 1 atom stereocenters. The smallest absolute Gasteiger partial charge is 0.222 e. The number of nitrogens with zero attached hydrogens (tertiary/aromatic N) is 5. The van der Waals surface area contributed by atoms with Gasteiger partial charge in [0.2, 0.25) is 5.91 Å². The van der Waals surface area contributed by atoms with Gasteiger partial charge in [-0.1, -0.05) is 6.92 Å². The van der Waals surface area contributed by atoms with Gasteiger partial charge in [-0.05, 0) is 25.2 Å². The van der Waals surface area contributed by atoms with Crippen LogP contribution in [0.1, 0.15) is 31.9 Å². The van der Waals surface area contributed by atoms with E-state index in [4.69, 9.17) is 0 Å². The molecule has 0 radical (unpaired) electrons. The lowest BCUT2D eigenvalue weighted by Gasteiger charge is -2.32. The maximum atomic E-state index is 11.9. The zero-order chi connectivity index (χ0) is 16.8. The second-order valence-electron chi connectivity index (χ2n) is 6.02. The molecule has 7 heteroatoms. The van der Waals surface area contributed by atoms with Crippen LogP contribution in [0.2, 0.25) is 0 Å². The Bertz CT molecular complexity index is 678. The third-order valence-corrected chi connectivity index (χ3v) is 4.21. The second-order valence-corrected chi connectivity index (χ2v) is 6.02. The number of rotatable bonds is 5. The lowest BCUT2D eigenvalue weighted by atomic mass is 9.93. The fourth-order valence-electron chi connectivity index (χ4n) is 3.05. The lowest BCUT2D eigenvalue weighted by Crippen LogP contribution is -2.40. The average Bonchev–Trinajstić information content (AvgIpc) is 2.62. The minimum atomic E-state index is 0.243. The molecule has 1 saturated heterocycles. The second kappa shape index (κ2) is 7.81. The summed E-state index contributed by atoms with van der Waals surface area (Å²) in [6.45, 7) is 3.62. The van der Waals surface area contributed by atoms with Gasteiger partial charge in [-0.15, -0.1) is 0 Å². The first-order valence-electron chi connectivity index (χ1n) is 8.36. The van der Waals surface area contributed by atoms with E-state index >= 15 is 0 Å². The fourth-order valence-corrected chi connectivity index (χ4v) is 3.05. The largest absolute Gasteiger partial charge is 0.342 e. The number of carbonyl (C=O) groups excluding carboxylic acids is 1. The molecule has 7 nitrogen and oxygen atoms in total. The van der Waals surface area contributed by atoms with E-state index in [0.717, 1.165) is 38.0 Å². The molecule has 1 aliphatic heterocycles. The number of amides is 1. The Morgan fingerprint density at radius 2 is 2.21 bits per heavy atom. The molecule has 0 aliphatic carbocycles. The molecule has 1 amide bonds. The summed E-state index contributed by atoms with van der Waals surface area (Å²) < 4.78 is 0. The molecular weight excluding hydrogens is 304 g/mol. The van der Waals surface area contributed by atoms with Crippen LogP contribution in [-0.4, -0.2) is 43.8 Å². The number of hydrogen-bond acceptors (Lipinski definition) is 6.